The van der Waals surface area contributed by atoms with Crippen LogP contribution in [-0.2, 0) is 6.42 Å². The predicted molar refractivity (Wildman–Crippen MR) is 72.7 cm³/mol. The summed E-state index contributed by atoms with van der Waals surface area (Å²) in [7, 11) is 0. The average Bonchev–Trinajstić information content (AvgIpc) is 2.81. The normalized spacial score (nSPS) is 10.7. The Kier molecular flexibility index (Phi) is 4.10. The fourth-order valence-corrected chi connectivity index (χ4v) is 3.09. The maximum Gasteiger partial charge on any atom is 0.176 e. The van der Waals surface area contributed by atoms with Gasteiger partial charge < -0.3 is 5.43 Å². The van der Waals surface area contributed by atoms with Crippen LogP contribution in [0.1, 0.15) is 24.1 Å². The van der Waals surface area contributed by atoms with Crippen LogP contribution in [0.2, 0.25) is 0 Å². The fraction of sp³-hybridized carbons (Fsp3) is 0.400. The van der Waals surface area contributed by atoms with Gasteiger partial charge in [0.1, 0.15) is 22.5 Å². The molecule has 2 rings (SSSR count). The zero-order valence-electron chi connectivity index (χ0n) is 10.4. The van der Waals surface area contributed by atoms with Crippen molar-refractivity contribution in [1.29, 1.82) is 0 Å². The summed E-state index contributed by atoms with van der Waals surface area (Å²) in [6.07, 6.45) is 0.842. The van der Waals surface area contributed by atoms with E-state index in [1.165, 1.54) is 23.3 Å². The quantitative estimate of drug-likeness (QED) is 0.503. The van der Waals surface area contributed by atoms with Crippen molar-refractivity contribution in [2.45, 2.75) is 36.6 Å². The van der Waals surface area contributed by atoms with Gasteiger partial charge in [0.15, 0.2) is 4.34 Å². The van der Waals surface area contributed by atoms with E-state index >= 15 is 0 Å². The summed E-state index contributed by atoms with van der Waals surface area (Å²) >= 11 is 2.88. The number of nitrogen functional groups attached to an aromatic ring is 1. The Morgan fingerprint density at radius 1 is 1.28 bits per heavy atom. The van der Waals surface area contributed by atoms with Crippen molar-refractivity contribution in [2.24, 2.45) is 5.84 Å². The number of hydrazine groups is 1. The SMILES string of the molecule is CCc1nsc(Sc2nc(C)nc(NN)c2C)n1. The second kappa shape index (κ2) is 5.59. The van der Waals surface area contributed by atoms with Gasteiger partial charge in [-0.2, -0.15) is 4.37 Å². The molecule has 0 saturated carbocycles. The highest BCUT2D eigenvalue weighted by atomic mass is 32.2. The first-order valence-electron chi connectivity index (χ1n) is 5.46. The van der Waals surface area contributed by atoms with Gasteiger partial charge in [0, 0.05) is 12.0 Å². The molecule has 0 aliphatic carbocycles. The molecule has 8 heteroatoms. The van der Waals surface area contributed by atoms with Crippen LogP contribution in [0.4, 0.5) is 5.82 Å². The van der Waals surface area contributed by atoms with Crippen LogP contribution in [0, 0.1) is 13.8 Å². The summed E-state index contributed by atoms with van der Waals surface area (Å²) in [4.78, 5) is 13.0. The number of anilines is 1. The number of nitrogens with two attached hydrogens (primary N) is 1. The van der Waals surface area contributed by atoms with Crippen molar-refractivity contribution >= 4 is 29.1 Å². The number of nitrogens with one attached hydrogen (secondary N) is 1. The van der Waals surface area contributed by atoms with Crippen molar-refractivity contribution in [3.05, 3.63) is 17.2 Å². The zero-order valence-corrected chi connectivity index (χ0v) is 12.0. The van der Waals surface area contributed by atoms with Crippen LogP contribution < -0.4 is 11.3 Å². The molecule has 0 unspecified atom stereocenters. The topological polar surface area (TPSA) is 89.6 Å². The molecule has 3 N–H and O–H groups in total. The summed E-state index contributed by atoms with van der Waals surface area (Å²) in [6, 6.07) is 0. The second-order valence-electron chi connectivity index (χ2n) is 3.63. The summed E-state index contributed by atoms with van der Waals surface area (Å²) in [6.45, 7) is 5.80. The molecule has 0 aliphatic heterocycles. The average molecular weight is 282 g/mol. The molecule has 0 radical (unpaired) electrons. The molecule has 2 heterocycles. The van der Waals surface area contributed by atoms with Gasteiger partial charge in [0.05, 0.1) is 0 Å². The largest absolute Gasteiger partial charge is 0.308 e. The Morgan fingerprint density at radius 3 is 2.67 bits per heavy atom. The van der Waals surface area contributed by atoms with E-state index in [2.05, 4.69) is 24.8 Å². The molecular weight excluding hydrogens is 268 g/mol. The van der Waals surface area contributed by atoms with Gasteiger partial charge in [-0.15, -0.1) is 0 Å². The number of hydrogen-bond acceptors (Lipinski definition) is 8. The number of rotatable bonds is 4. The van der Waals surface area contributed by atoms with Crippen molar-refractivity contribution in [1.82, 2.24) is 19.3 Å². The van der Waals surface area contributed by atoms with Crippen LogP contribution >= 0.6 is 23.3 Å². The number of hydrogen-bond donors (Lipinski definition) is 2. The first-order chi connectivity index (χ1) is 8.63. The zero-order chi connectivity index (χ0) is 13.1. The van der Waals surface area contributed by atoms with Gasteiger partial charge in [-0.05, 0) is 37.1 Å². The summed E-state index contributed by atoms with van der Waals surface area (Å²) in [5.41, 5.74) is 3.50. The van der Waals surface area contributed by atoms with Crippen LogP contribution in [0.15, 0.2) is 9.37 Å². The van der Waals surface area contributed by atoms with Crippen molar-refractivity contribution in [2.75, 3.05) is 5.43 Å². The highest BCUT2D eigenvalue weighted by Gasteiger charge is 2.12. The number of aromatic nitrogens is 4. The van der Waals surface area contributed by atoms with Crippen LogP contribution in [0.5, 0.6) is 0 Å². The molecule has 0 bridgehead atoms. The van der Waals surface area contributed by atoms with Gasteiger partial charge in [-0.25, -0.2) is 20.8 Å². The molecule has 0 amide bonds. The number of nitrogens with zero attached hydrogens (tertiary/aromatic N) is 4. The van der Waals surface area contributed by atoms with E-state index in [1.807, 2.05) is 20.8 Å². The van der Waals surface area contributed by atoms with Crippen molar-refractivity contribution < 1.29 is 0 Å². The minimum atomic E-state index is 0.644. The minimum absolute atomic E-state index is 0.644. The van der Waals surface area contributed by atoms with E-state index in [9.17, 15) is 0 Å². The molecule has 0 aromatic carbocycles. The molecule has 0 aliphatic rings. The minimum Gasteiger partial charge on any atom is -0.308 e. The summed E-state index contributed by atoms with van der Waals surface area (Å²) in [5.74, 6) is 7.62. The third kappa shape index (κ3) is 2.77. The Morgan fingerprint density at radius 2 is 2.06 bits per heavy atom. The lowest BCUT2D eigenvalue weighted by Crippen LogP contribution is -2.12. The maximum absolute atomic E-state index is 5.43. The third-order valence-corrected chi connectivity index (χ3v) is 4.18. The van der Waals surface area contributed by atoms with Gasteiger partial charge >= 0.3 is 0 Å². The van der Waals surface area contributed by atoms with Crippen molar-refractivity contribution in [3.8, 4) is 0 Å². The Labute approximate surface area is 114 Å². The van der Waals surface area contributed by atoms with E-state index in [-0.39, 0.29) is 0 Å². The van der Waals surface area contributed by atoms with E-state index in [0.717, 1.165) is 27.2 Å². The van der Waals surface area contributed by atoms with E-state index < -0.39 is 0 Å². The summed E-state index contributed by atoms with van der Waals surface area (Å²) < 4.78 is 5.14. The van der Waals surface area contributed by atoms with Crippen LogP contribution in [0.25, 0.3) is 0 Å². The second-order valence-corrected chi connectivity index (χ2v) is 5.61. The van der Waals surface area contributed by atoms with E-state index in [0.29, 0.717) is 11.6 Å². The van der Waals surface area contributed by atoms with Gasteiger partial charge in [-0.3, -0.25) is 0 Å². The van der Waals surface area contributed by atoms with Gasteiger partial charge in [-0.1, -0.05) is 6.92 Å². The van der Waals surface area contributed by atoms with Crippen LogP contribution in [0.3, 0.4) is 0 Å². The highest BCUT2D eigenvalue weighted by Crippen LogP contribution is 2.31. The molecule has 96 valence electrons. The third-order valence-electron chi connectivity index (χ3n) is 2.30. The van der Waals surface area contributed by atoms with Crippen molar-refractivity contribution in [3.63, 3.8) is 0 Å². The molecule has 0 spiro atoms. The molecule has 2 aromatic rings. The lowest BCUT2D eigenvalue weighted by Gasteiger charge is -2.08. The van der Waals surface area contributed by atoms with Gasteiger partial charge in [0.25, 0.3) is 0 Å². The first-order valence-corrected chi connectivity index (χ1v) is 7.05. The maximum atomic E-state index is 5.43. The molecule has 0 atom stereocenters. The number of aryl methyl sites for hydroxylation is 2. The lowest BCUT2D eigenvalue weighted by atomic mass is 10.3. The summed E-state index contributed by atoms with van der Waals surface area (Å²) in [5, 5.41) is 0.856. The molecule has 2 aromatic heterocycles. The standard InChI is InChI=1S/C10H14N6S2/c1-4-7-14-10(18-16-7)17-9-5(2)8(15-11)12-6(3)13-9/h4,11H2,1-3H3,(H,12,13,15). The van der Waals surface area contributed by atoms with Gasteiger partial charge in [0.2, 0.25) is 0 Å². The van der Waals surface area contributed by atoms with E-state index in [4.69, 9.17) is 5.84 Å². The highest BCUT2D eigenvalue weighted by molar-refractivity contribution is 8.00. The molecule has 18 heavy (non-hydrogen) atoms. The smallest absolute Gasteiger partial charge is 0.176 e. The Bertz CT molecular complexity index is 553. The van der Waals surface area contributed by atoms with Crippen LogP contribution in [-0.4, -0.2) is 19.3 Å². The molecule has 0 fully saturated rings. The predicted octanol–water partition coefficient (Wildman–Crippen LogP) is 1.94. The monoisotopic (exact) mass is 282 g/mol. The molecule has 6 nitrogen and oxygen atoms in total. The Balaban J connectivity index is 2.30. The lowest BCUT2D eigenvalue weighted by molar-refractivity contribution is 0.931. The molecular formula is C10H14N6S2. The van der Waals surface area contributed by atoms with E-state index in [1.54, 1.807) is 0 Å². The first kappa shape index (κ1) is 13.2. The molecule has 0 saturated heterocycles. The Hall–Kier alpha value is -1.25. The fourth-order valence-electron chi connectivity index (χ4n) is 1.35.